The SMILES string of the molecule is CC[S+]([O-])c1ccc(OCC(F)(F)F)nc1C(=C/C=O)/N=C\N(C)CC(F)(F)C(F)C(F)(F)F. The van der Waals surface area contributed by atoms with Crippen LogP contribution in [-0.4, -0.2) is 77.5 Å². The summed E-state index contributed by atoms with van der Waals surface area (Å²) in [5, 5.41) is 0. The second kappa shape index (κ2) is 11.8. The number of nitrogens with zero attached hydrogens (tertiary/aromatic N) is 3. The summed E-state index contributed by atoms with van der Waals surface area (Å²) in [7, 11) is 0.834. The van der Waals surface area contributed by atoms with Gasteiger partial charge in [-0.05, 0) is 18.1 Å². The molecule has 0 aliphatic heterocycles. The molecule has 192 valence electrons. The van der Waals surface area contributed by atoms with Crippen molar-refractivity contribution in [2.45, 2.75) is 36.3 Å². The number of pyridine rings is 1. The molecular formula is C18H18F9N3O3S. The Hall–Kier alpha value is -2.49. The minimum Gasteiger partial charge on any atom is -0.611 e. The molecule has 6 nitrogen and oxygen atoms in total. The van der Waals surface area contributed by atoms with E-state index in [0.717, 1.165) is 19.2 Å². The van der Waals surface area contributed by atoms with Gasteiger partial charge in [0, 0.05) is 25.3 Å². The maximum atomic E-state index is 13.6. The minimum atomic E-state index is -5.82. The summed E-state index contributed by atoms with van der Waals surface area (Å²) in [5.41, 5.74) is -0.880. The van der Waals surface area contributed by atoms with E-state index in [1.54, 1.807) is 0 Å². The molecule has 0 aliphatic carbocycles. The molecule has 0 aromatic carbocycles. The summed E-state index contributed by atoms with van der Waals surface area (Å²) in [6, 6.07) is 2.07. The van der Waals surface area contributed by atoms with Crippen molar-refractivity contribution in [2.75, 3.05) is 26.0 Å². The number of hydrogen-bond acceptors (Lipinski definition) is 5. The van der Waals surface area contributed by atoms with Crippen molar-refractivity contribution < 1.29 is 53.6 Å². The lowest BCUT2D eigenvalue weighted by atomic mass is 10.2. The molecule has 1 aromatic rings. The molecule has 0 amide bonds. The van der Waals surface area contributed by atoms with Gasteiger partial charge in [-0.25, -0.2) is 23.1 Å². The van der Waals surface area contributed by atoms with Crippen molar-refractivity contribution >= 4 is 29.5 Å². The third-order valence-corrected chi connectivity index (χ3v) is 5.05. The lowest BCUT2D eigenvalue weighted by Crippen LogP contribution is -2.48. The van der Waals surface area contributed by atoms with Crippen molar-refractivity contribution in [1.29, 1.82) is 0 Å². The van der Waals surface area contributed by atoms with Gasteiger partial charge in [0.05, 0.1) is 18.6 Å². The summed E-state index contributed by atoms with van der Waals surface area (Å²) in [4.78, 5) is 18.7. The Bertz CT molecular complexity index is 892. The van der Waals surface area contributed by atoms with Gasteiger partial charge in [-0.15, -0.1) is 0 Å². The second-order valence-electron chi connectivity index (χ2n) is 6.55. The highest BCUT2D eigenvalue weighted by Crippen LogP contribution is 2.35. The Balaban J connectivity index is 3.28. The number of allylic oxidation sites excluding steroid dienone is 1. The number of hydrogen-bond donors (Lipinski definition) is 0. The molecule has 34 heavy (non-hydrogen) atoms. The maximum absolute atomic E-state index is 13.6. The fraction of sp³-hybridized carbons (Fsp3) is 0.500. The molecule has 1 aromatic heterocycles. The summed E-state index contributed by atoms with van der Waals surface area (Å²) in [6.45, 7) is -2.00. The smallest absolute Gasteiger partial charge is 0.425 e. The van der Waals surface area contributed by atoms with E-state index in [1.807, 2.05) is 0 Å². The van der Waals surface area contributed by atoms with Crippen LogP contribution in [0, 0.1) is 0 Å². The number of carbonyl (C=O) groups excluding carboxylic acids is 1. The molecule has 16 heteroatoms. The number of aromatic nitrogens is 1. The van der Waals surface area contributed by atoms with Gasteiger partial charge in [0.25, 0.3) is 6.17 Å². The Morgan fingerprint density at radius 1 is 1.24 bits per heavy atom. The van der Waals surface area contributed by atoms with Crippen molar-refractivity contribution in [1.82, 2.24) is 9.88 Å². The number of aldehydes is 1. The van der Waals surface area contributed by atoms with Crippen molar-refractivity contribution in [2.24, 2.45) is 4.99 Å². The molecule has 0 saturated carbocycles. The Labute approximate surface area is 190 Å². The zero-order chi connectivity index (χ0) is 26.3. The topological polar surface area (TPSA) is 77.8 Å². The third kappa shape index (κ3) is 9.04. The quantitative estimate of drug-likeness (QED) is 0.108. The predicted octanol–water partition coefficient (Wildman–Crippen LogP) is 4.19. The third-order valence-electron chi connectivity index (χ3n) is 3.70. The normalized spacial score (nSPS) is 15.4. The van der Waals surface area contributed by atoms with E-state index in [0.29, 0.717) is 17.3 Å². The van der Waals surface area contributed by atoms with Crippen molar-refractivity contribution in [3.05, 3.63) is 23.9 Å². The van der Waals surface area contributed by atoms with Gasteiger partial charge in [-0.3, -0.25) is 4.79 Å². The molecule has 0 fully saturated rings. The summed E-state index contributed by atoms with van der Waals surface area (Å²) >= 11 is -1.78. The number of ether oxygens (including phenoxy) is 1. The van der Waals surface area contributed by atoms with Gasteiger partial charge in [0.15, 0.2) is 11.5 Å². The van der Waals surface area contributed by atoms with Crippen LogP contribution in [0.2, 0.25) is 0 Å². The van der Waals surface area contributed by atoms with E-state index in [-0.39, 0.29) is 16.9 Å². The Morgan fingerprint density at radius 3 is 2.35 bits per heavy atom. The molecule has 1 rings (SSSR count). The second-order valence-corrected chi connectivity index (χ2v) is 8.26. The van der Waals surface area contributed by atoms with E-state index < -0.39 is 66.0 Å². The van der Waals surface area contributed by atoms with Crippen molar-refractivity contribution in [3.63, 3.8) is 0 Å². The number of carbonyl (C=O) groups is 1. The van der Waals surface area contributed by atoms with Gasteiger partial charge in [-0.1, -0.05) is 0 Å². The molecule has 1 heterocycles. The predicted molar refractivity (Wildman–Crippen MR) is 104 cm³/mol. The molecular weight excluding hydrogens is 509 g/mol. The Morgan fingerprint density at radius 2 is 1.85 bits per heavy atom. The first kappa shape index (κ1) is 29.5. The average molecular weight is 527 g/mol. The van der Waals surface area contributed by atoms with Crippen LogP contribution in [0.4, 0.5) is 39.5 Å². The van der Waals surface area contributed by atoms with Crippen molar-refractivity contribution in [3.8, 4) is 5.88 Å². The highest BCUT2D eigenvalue weighted by atomic mass is 32.2. The maximum Gasteiger partial charge on any atom is 0.425 e. The van der Waals surface area contributed by atoms with Crippen LogP contribution in [-0.2, 0) is 16.0 Å². The highest BCUT2D eigenvalue weighted by molar-refractivity contribution is 7.91. The van der Waals surface area contributed by atoms with Gasteiger partial charge < -0.3 is 14.2 Å². The molecule has 0 spiro atoms. The van der Waals surface area contributed by atoms with Gasteiger partial charge in [0.2, 0.25) is 5.88 Å². The van der Waals surface area contributed by atoms with Crippen LogP contribution in [0.25, 0.3) is 5.70 Å². The first-order chi connectivity index (χ1) is 15.5. The van der Waals surface area contributed by atoms with Crippen LogP contribution in [0.5, 0.6) is 5.88 Å². The van der Waals surface area contributed by atoms with E-state index in [9.17, 15) is 48.9 Å². The molecule has 0 radical (unpaired) electrons. The van der Waals surface area contributed by atoms with E-state index in [4.69, 9.17) is 0 Å². The van der Waals surface area contributed by atoms with Crippen LogP contribution < -0.4 is 4.74 Å². The van der Waals surface area contributed by atoms with Gasteiger partial charge >= 0.3 is 18.3 Å². The number of halogens is 9. The first-order valence-corrected chi connectivity index (χ1v) is 10.4. The summed E-state index contributed by atoms with van der Waals surface area (Å²) < 4.78 is 131. The Kier molecular flexibility index (Phi) is 10.2. The monoisotopic (exact) mass is 527 g/mol. The zero-order valence-corrected chi connectivity index (χ0v) is 18.3. The van der Waals surface area contributed by atoms with Gasteiger partial charge in [-0.2, -0.15) is 26.3 Å². The minimum absolute atomic E-state index is 0.0109. The van der Waals surface area contributed by atoms with Crippen LogP contribution >= 0.6 is 0 Å². The van der Waals surface area contributed by atoms with Crippen LogP contribution in [0.1, 0.15) is 12.6 Å². The lowest BCUT2D eigenvalue weighted by Gasteiger charge is -2.26. The zero-order valence-electron chi connectivity index (χ0n) is 17.5. The first-order valence-electron chi connectivity index (χ1n) is 9.09. The number of alkyl halides is 9. The number of aliphatic imine (C=N–C) groups is 1. The number of rotatable bonds is 11. The van der Waals surface area contributed by atoms with Crippen LogP contribution in [0.15, 0.2) is 28.1 Å². The highest BCUT2D eigenvalue weighted by Gasteiger charge is 2.57. The summed E-state index contributed by atoms with van der Waals surface area (Å²) in [6.07, 6.45) is -13.6. The largest absolute Gasteiger partial charge is 0.611 e. The van der Waals surface area contributed by atoms with E-state index in [1.165, 1.54) is 6.92 Å². The average Bonchev–Trinajstić information content (AvgIpc) is 2.72. The standard InChI is InChI=1S/C18H18F9N3O3S/c1-3-34(32)12-4-5-13(33-9-17(22,23)24)29-14(12)11(6-7-31)28-10-30(2)8-16(20,21)15(19)18(25,26)27/h4-7,10,15H,3,8-9H2,1-2H3/b11-6-,28-10-. The fourth-order valence-corrected chi connectivity index (χ4v) is 3.19. The molecule has 2 unspecified atom stereocenters. The van der Waals surface area contributed by atoms with E-state index >= 15 is 0 Å². The van der Waals surface area contributed by atoms with Gasteiger partial charge in [0.1, 0.15) is 17.7 Å². The molecule has 2 atom stereocenters. The van der Waals surface area contributed by atoms with Crippen LogP contribution in [0.3, 0.4) is 0 Å². The summed E-state index contributed by atoms with van der Waals surface area (Å²) in [5.74, 6) is -5.44. The fourth-order valence-electron chi connectivity index (χ4n) is 2.29. The molecule has 0 saturated heterocycles. The molecule has 0 aliphatic rings. The lowest BCUT2D eigenvalue weighted by molar-refractivity contribution is -0.245. The van der Waals surface area contributed by atoms with E-state index in [2.05, 4.69) is 14.7 Å². The molecule has 0 N–H and O–H groups in total. The molecule has 0 bridgehead atoms.